The molecule has 0 saturated carbocycles. The zero-order valence-corrected chi connectivity index (χ0v) is 16.7. The maximum absolute atomic E-state index is 13.2. The van der Waals surface area contributed by atoms with Crippen molar-refractivity contribution in [3.8, 4) is 0 Å². The number of benzene rings is 2. The fourth-order valence-corrected chi connectivity index (χ4v) is 3.32. The number of nitrogens with zero attached hydrogens (tertiary/aromatic N) is 2. The van der Waals surface area contributed by atoms with Gasteiger partial charge in [0.1, 0.15) is 6.54 Å². The molecule has 0 fully saturated rings. The lowest BCUT2D eigenvalue weighted by Gasteiger charge is -2.36. The number of halogens is 2. The molecule has 0 spiro atoms. The zero-order valence-electron chi connectivity index (χ0n) is 15.2. The van der Waals surface area contributed by atoms with Crippen molar-refractivity contribution in [2.45, 2.75) is 33.0 Å². The Balaban J connectivity index is 2.29. The molecule has 0 aromatic heterocycles. The predicted molar refractivity (Wildman–Crippen MR) is 105 cm³/mol. The van der Waals surface area contributed by atoms with E-state index in [0.29, 0.717) is 23.1 Å². The minimum Gasteiger partial charge on any atom is -0.291 e. The van der Waals surface area contributed by atoms with Gasteiger partial charge in [-0.3, -0.25) is 4.90 Å². The van der Waals surface area contributed by atoms with Crippen LogP contribution in [0, 0.1) is 0 Å². The normalized spacial score (nSPS) is 13.3. The maximum Gasteiger partial charge on any atom is 0.426 e. The van der Waals surface area contributed by atoms with Crippen molar-refractivity contribution in [1.29, 1.82) is 0 Å². The van der Waals surface area contributed by atoms with E-state index < -0.39 is 0 Å². The van der Waals surface area contributed by atoms with Crippen LogP contribution < -0.4 is 0 Å². The smallest absolute Gasteiger partial charge is 0.291 e. The highest BCUT2D eigenvalue weighted by Crippen LogP contribution is 2.25. The third-order valence-electron chi connectivity index (χ3n) is 4.50. The first kappa shape index (κ1) is 20.4. The maximum atomic E-state index is 13.2. The van der Waals surface area contributed by atoms with Gasteiger partial charge in [0.25, 0.3) is 0 Å². The van der Waals surface area contributed by atoms with Crippen molar-refractivity contribution in [3.63, 3.8) is 0 Å². The molecule has 0 saturated heterocycles. The summed E-state index contributed by atoms with van der Waals surface area (Å²) in [6.07, 6.45) is 0.736. The second-order valence-electron chi connectivity index (χ2n) is 6.65. The van der Waals surface area contributed by atoms with E-state index in [4.69, 9.17) is 23.2 Å². The Morgan fingerprint density at radius 1 is 1.15 bits per heavy atom. The summed E-state index contributed by atoms with van der Waals surface area (Å²) in [5.41, 5.74) is 1.71. The van der Waals surface area contributed by atoms with Crippen molar-refractivity contribution < 1.29 is 14.1 Å². The van der Waals surface area contributed by atoms with E-state index in [2.05, 4.69) is 0 Å². The van der Waals surface area contributed by atoms with Gasteiger partial charge in [-0.1, -0.05) is 59.6 Å². The second-order valence-corrected chi connectivity index (χ2v) is 7.49. The van der Waals surface area contributed by atoms with Crippen LogP contribution in [-0.4, -0.2) is 34.9 Å². The summed E-state index contributed by atoms with van der Waals surface area (Å²) < 4.78 is -0.314. The van der Waals surface area contributed by atoms with Crippen LogP contribution in [0.25, 0.3) is 0 Å². The lowest BCUT2D eigenvalue weighted by molar-refractivity contribution is -0.805. The van der Waals surface area contributed by atoms with Crippen LogP contribution in [0.4, 0.5) is 4.79 Å². The topological polar surface area (TPSA) is 37.4 Å². The van der Waals surface area contributed by atoms with E-state index in [1.54, 1.807) is 25.2 Å². The summed E-state index contributed by atoms with van der Waals surface area (Å²) >= 11 is 12.2. The quantitative estimate of drug-likeness (QED) is 0.503. The first-order chi connectivity index (χ1) is 12.3. The highest BCUT2D eigenvalue weighted by molar-refractivity contribution is 6.35. The Kier molecular flexibility index (Phi) is 6.81. The second kappa shape index (κ2) is 8.67. The van der Waals surface area contributed by atoms with Gasteiger partial charge in [-0.05, 0) is 31.5 Å². The molecule has 0 N–H and O–H groups in total. The summed E-state index contributed by atoms with van der Waals surface area (Å²) in [5.74, 6) is 0. The van der Waals surface area contributed by atoms with Crippen molar-refractivity contribution >= 4 is 35.6 Å². The molecule has 0 heterocycles. The van der Waals surface area contributed by atoms with Gasteiger partial charge in [-0.25, -0.2) is 9.59 Å². The molecule has 6 heteroatoms. The number of amides is 3. The molecule has 26 heavy (non-hydrogen) atoms. The zero-order chi connectivity index (χ0) is 19.3. The number of carbonyl (C=O) groups excluding carboxylic acids is 2. The van der Waals surface area contributed by atoms with E-state index in [9.17, 15) is 9.59 Å². The highest BCUT2D eigenvalue weighted by atomic mass is 35.5. The fourth-order valence-electron chi connectivity index (χ4n) is 2.85. The molecule has 2 aromatic carbocycles. The van der Waals surface area contributed by atoms with Gasteiger partial charge in [-0.15, -0.1) is 0 Å². The number of carbonyl (C=O) groups is 2. The molecule has 2 rings (SSSR count). The van der Waals surface area contributed by atoms with Gasteiger partial charge >= 0.3 is 12.4 Å². The fraction of sp³-hybridized carbons (Fsp3) is 0.300. The summed E-state index contributed by atoms with van der Waals surface area (Å²) in [5, 5.41) is 1.03. The van der Waals surface area contributed by atoms with E-state index in [0.717, 1.165) is 17.5 Å². The van der Waals surface area contributed by atoms with Crippen LogP contribution in [0.5, 0.6) is 0 Å². The van der Waals surface area contributed by atoms with Crippen LogP contribution in [0.15, 0.2) is 48.5 Å². The largest absolute Gasteiger partial charge is 0.426 e. The molecular weight excluding hydrogens is 371 g/mol. The van der Waals surface area contributed by atoms with Crippen LogP contribution >= 0.6 is 23.2 Å². The molecule has 1 atom stereocenters. The molecule has 0 aliphatic carbocycles. The first-order valence-electron chi connectivity index (χ1n) is 8.37. The third kappa shape index (κ3) is 4.44. The van der Waals surface area contributed by atoms with Crippen molar-refractivity contribution in [1.82, 2.24) is 4.90 Å². The number of hydrogen-bond donors (Lipinski definition) is 0. The Bertz CT molecular complexity index is 781. The molecule has 1 unspecified atom stereocenters. The van der Waals surface area contributed by atoms with Crippen LogP contribution in [0.3, 0.4) is 0 Å². The molecule has 2 aromatic rings. The van der Waals surface area contributed by atoms with Gasteiger partial charge in [0.05, 0.1) is 12.6 Å². The SMILES string of the molecule is CC(C)[N+](C=O)(Cc1ccccc1)C(=O)N(C)Cc1ccc(Cl)cc1Cl. The number of urea groups is 1. The minimum absolute atomic E-state index is 0.205. The Morgan fingerprint density at radius 2 is 1.81 bits per heavy atom. The number of hydrogen-bond acceptors (Lipinski definition) is 2. The van der Waals surface area contributed by atoms with Crippen molar-refractivity contribution in [2.75, 3.05) is 7.05 Å². The van der Waals surface area contributed by atoms with Crippen molar-refractivity contribution in [3.05, 3.63) is 69.7 Å². The first-order valence-corrected chi connectivity index (χ1v) is 9.13. The molecule has 3 amide bonds. The summed E-state index contributed by atoms with van der Waals surface area (Å²) in [6.45, 7) is 4.35. The molecule has 4 nitrogen and oxygen atoms in total. The van der Waals surface area contributed by atoms with E-state index in [1.165, 1.54) is 4.90 Å². The number of rotatable bonds is 6. The lowest BCUT2D eigenvalue weighted by Crippen LogP contribution is -2.59. The Labute approximate surface area is 164 Å². The summed E-state index contributed by atoms with van der Waals surface area (Å²) in [7, 11) is 1.68. The minimum atomic E-state index is -0.314. The highest BCUT2D eigenvalue weighted by Gasteiger charge is 2.42. The van der Waals surface area contributed by atoms with Gasteiger partial charge in [0.2, 0.25) is 0 Å². The average molecular weight is 394 g/mol. The van der Waals surface area contributed by atoms with E-state index in [1.807, 2.05) is 44.2 Å². The van der Waals surface area contributed by atoms with Crippen molar-refractivity contribution in [2.24, 2.45) is 0 Å². The number of quaternary nitrogens is 1. The molecule has 0 radical (unpaired) electrons. The lowest BCUT2D eigenvalue weighted by atomic mass is 10.1. The van der Waals surface area contributed by atoms with Gasteiger partial charge < -0.3 is 0 Å². The van der Waals surface area contributed by atoms with Crippen LogP contribution in [0.2, 0.25) is 10.0 Å². The Hall–Kier alpha value is -1.88. The summed E-state index contributed by atoms with van der Waals surface area (Å²) in [6, 6.07) is 14.2. The average Bonchev–Trinajstić information content (AvgIpc) is 2.62. The molecule has 138 valence electrons. The Morgan fingerprint density at radius 3 is 2.35 bits per heavy atom. The predicted octanol–water partition coefficient (Wildman–Crippen LogP) is 5.13. The van der Waals surface area contributed by atoms with Crippen LogP contribution in [-0.2, 0) is 17.9 Å². The van der Waals surface area contributed by atoms with Crippen LogP contribution in [0.1, 0.15) is 25.0 Å². The monoisotopic (exact) mass is 393 g/mol. The van der Waals surface area contributed by atoms with E-state index in [-0.39, 0.29) is 16.6 Å². The van der Waals surface area contributed by atoms with Gasteiger partial charge in [-0.2, -0.15) is 4.48 Å². The third-order valence-corrected chi connectivity index (χ3v) is 5.09. The number of imide groups is 1. The standard InChI is InChI=1S/C20H23Cl2N2O2/c1-15(2)24(14-25,13-16-7-5-4-6-8-16)20(26)23(3)12-17-9-10-18(21)11-19(17)22/h4-11,14-15H,12-13H2,1-3H3/q+1. The molecule has 0 aliphatic rings. The molecular formula is C20H23Cl2N2O2+. The molecule has 0 aliphatic heterocycles. The van der Waals surface area contributed by atoms with Gasteiger partial charge in [0, 0.05) is 22.7 Å². The molecule has 0 bridgehead atoms. The van der Waals surface area contributed by atoms with E-state index >= 15 is 0 Å². The summed E-state index contributed by atoms with van der Waals surface area (Å²) in [4.78, 5) is 26.8. The van der Waals surface area contributed by atoms with Gasteiger partial charge in [0.15, 0.2) is 0 Å².